The van der Waals surface area contributed by atoms with E-state index in [0.717, 1.165) is 17.0 Å². The van der Waals surface area contributed by atoms with Gasteiger partial charge >= 0.3 is 0 Å². The molecule has 98 valence electrons. The summed E-state index contributed by atoms with van der Waals surface area (Å²) in [5.41, 5.74) is 6.79. The Morgan fingerprint density at radius 2 is 2.28 bits per heavy atom. The quantitative estimate of drug-likeness (QED) is 0.752. The van der Waals surface area contributed by atoms with E-state index in [-0.39, 0.29) is 18.0 Å². The average Bonchev–Trinajstić information content (AvgIpc) is 2.78. The Bertz CT molecular complexity index is 424. The molecule has 1 fully saturated rings. The Morgan fingerprint density at radius 1 is 1.50 bits per heavy atom. The summed E-state index contributed by atoms with van der Waals surface area (Å²) >= 11 is 6.04. The molecule has 0 unspecified atom stereocenters. The zero-order valence-corrected chi connectivity index (χ0v) is 10.9. The van der Waals surface area contributed by atoms with Crippen molar-refractivity contribution in [2.24, 2.45) is 5.73 Å². The van der Waals surface area contributed by atoms with Crippen molar-refractivity contribution in [2.45, 2.75) is 24.9 Å². The van der Waals surface area contributed by atoms with Gasteiger partial charge in [0, 0.05) is 24.2 Å². The van der Waals surface area contributed by atoms with Gasteiger partial charge in [-0.15, -0.1) is 0 Å². The van der Waals surface area contributed by atoms with Gasteiger partial charge in [-0.05, 0) is 24.5 Å². The maximum absolute atomic E-state index is 11.8. The van der Waals surface area contributed by atoms with Crippen molar-refractivity contribution >= 4 is 17.5 Å². The molecule has 0 bridgehead atoms. The van der Waals surface area contributed by atoms with Crippen LogP contribution in [0.15, 0.2) is 24.3 Å². The summed E-state index contributed by atoms with van der Waals surface area (Å²) < 4.78 is 0. The highest BCUT2D eigenvalue weighted by atomic mass is 35.5. The van der Waals surface area contributed by atoms with Crippen molar-refractivity contribution < 1.29 is 4.79 Å². The number of nitrogens with two attached hydrogens (primary N) is 1. The smallest absolute Gasteiger partial charge is 0.237 e. The van der Waals surface area contributed by atoms with Crippen molar-refractivity contribution in [2.75, 3.05) is 13.1 Å². The molecule has 5 heteroatoms. The van der Waals surface area contributed by atoms with E-state index in [2.05, 4.69) is 10.6 Å². The first kappa shape index (κ1) is 13.3. The Hall–Kier alpha value is -1.10. The van der Waals surface area contributed by atoms with E-state index in [1.165, 1.54) is 0 Å². The second-order valence-electron chi connectivity index (χ2n) is 4.59. The number of carbonyl (C=O) groups is 1. The first-order valence-electron chi connectivity index (χ1n) is 6.17. The molecule has 2 atom stereocenters. The summed E-state index contributed by atoms with van der Waals surface area (Å²) in [7, 11) is 0. The molecule has 0 radical (unpaired) electrons. The summed E-state index contributed by atoms with van der Waals surface area (Å²) in [5, 5.41) is 6.75. The van der Waals surface area contributed by atoms with Crippen LogP contribution in [0.4, 0.5) is 0 Å². The maximum Gasteiger partial charge on any atom is 0.237 e. The van der Waals surface area contributed by atoms with E-state index >= 15 is 0 Å². The molecule has 0 aromatic heterocycles. The fourth-order valence-electron chi connectivity index (χ4n) is 2.11. The topological polar surface area (TPSA) is 67.1 Å². The molecule has 1 amide bonds. The number of amides is 1. The molecule has 2 rings (SSSR count). The van der Waals surface area contributed by atoms with E-state index in [1.807, 2.05) is 24.3 Å². The second-order valence-corrected chi connectivity index (χ2v) is 5.00. The lowest BCUT2D eigenvalue weighted by Gasteiger charge is -2.11. The molecular weight excluding hydrogens is 250 g/mol. The lowest BCUT2D eigenvalue weighted by Crippen LogP contribution is -2.41. The molecule has 1 aliphatic heterocycles. The van der Waals surface area contributed by atoms with Crippen molar-refractivity contribution in [3.05, 3.63) is 34.9 Å². The summed E-state index contributed by atoms with van der Waals surface area (Å²) in [5.74, 6) is 0.0232. The molecule has 18 heavy (non-hydrogen) atoms. The molecule has 0 spiro atoms. The Morgan fingerprint density at radius 3 is 2.94 bits per heavy atom. The Labute approximate surface area is 112 Å². The molecule has 1 heterocycles. The van der Waals surface area contributed by atoms with Crippen LogP contribution in [0.25, 0.3) is 0 Å². The van der Waals surface area contributed by atoms with Gasteiger partial charge < -0.3 is 16.4 Å². The summed E-state index contributed by atoms with van der Waals surface area (Å²) in [6.07, 6.45) is 1.45. The zero-order chi connectivity index (χ0) is 13.0. The second kappa shape index (κ2) is 6.18. The van der Waals surface area contributed by atoms with Crippen LogP contribution in [-0.2, 0) is 11.2 Å². The van der Waals surface area contributed by atoms with Crippen LogP contribution in [-0.4, -0.2) is 31.1 Å². The number of nitrogens with one attached hydrogen (secondary N) is 2. The molecule has 1 aromatic rings. The van der Waals surface area contributed by atoms with Gasteiger partial charge in [0.15, 0.2) is 0 Å². The van der Waals surface area contributed by atoms with Gasteiger partial charge in [0.25, 0.3) is 0 Å². The lowest BCUT2D eigenvalue weighted by atomic mass is 10.1. The molecule has 1 saturated heterocycles. The molecule has 0 saturated carbocycles. The predicted molar refractivity (Wildman–Crippen MR) is 72.5 cm³/mol. The van der Waals surface area contributed by atoms with Crippen molar-refractivity contribution in [3.63, 3.8) is 0 Å². The van der Waals surface area contributed by atoms with Gasteiger partial charge in [-0.1, -0.05) is 29.8 Å². The number of carbonyl (C=O) groups excluding carboxylic acids is 1. The normalized spacial score (nSPS) is 23.0. The molecule has 4 nitrogen and oxygen atoms in total. The monoisotopic (exact) mass is 267 g/mol. The van der Waals surface area contributed by atoms with Gasteiger partial charge in [0.2, 0.25) is 5.91 Å². The number of rotatable bonds is 4. The van der Waals surface area contributed by atoms with Gasteiger partial charge in [0.1, 0.15) is 0 Å². The van der Waals surface area contributed by atoms with Gasteiger partial charge in [-0.2, -0.15) is 0 Å². The molecule has 0 aliphatic carbocycles. The van der Waals surface area contributed by atoms with Crippen molar-refractivity contribution in [1.82, 2.24) is 10.6 Å². The van der Waals surface area contributed by atoms with Gasteiger partial charge in [-0.3, -0.25) is 4.79 Å². The van der Waals surface area contributed by atoms with Crippen LogP contribution in [0.2, 0.25) is 5.02 Å². The molecular formula is C13H18ClN3O. The Kier molecular flexibility index (Phi) is 4.58. The highest BCUT2D eigenvalue weighted by molar-refractivity contribution is 6.31. The number of hydrogen-bond donors (Lipinski definition) is 3. The largest absolute Gasteiger partial charge is 0.354 e. The average molecular weight is 268 g/mol. The Balaban J connectivity index is 1.75. The predicted octanol–water partition coefficient (Wildman–Crippen LogP) is 0.688. The third-order valence-corrected chi connectivity index (χ3v) is 3.50. The number of hydrogen-bond acceptors (Lipinski definition) is 3. The van der Waals surface area contributed by atoms with Gasteiger partial charge in [0.05, 0.1) is 6.04 Å². The minimum atomic E-state index is -0.147. The summed E-state index contributed by atoms with van der Waals surface area (Å²) in [6.45, 7) is 1.30. The van der Waals surface area contributed by atoms with E-state index in [4.69, 9.17) is 17.3 Å². The van der Waals surface area contributed by atoms with E-state index in [9.17, 15) is 4.79 Å². The summed E-state index contributed by atoms with van der Waals surface area (Å²) in [4.78, 5) is 11.8. The third kappa shape index (κ3) is 3.45. The first-order chi connectivity index (χ1) is 8.66. The standard InChI is InChI=1S/C13H18ClN3O/c14-11-4-2-1-3-9(11)5-6-16-13(18)12-7-10(15)8-17-12/h1-4,10,12,17H,5-8,15H2,(H,16,18)/t10-,12-/m0/s1. The van der Waals surface area contributed by atoms with Crippen LogP contribution in [0.1, 0.15) is 12.0 Å². The van der Waals surface area contributed by atoms with E-state index in [1.54, 1.807) is 0 Å². The minimum absolute atomic E-state index is 0.0232. The van der Waals surface area contributed by atoms with Gasteiger partial charge in [-0.25, -0.2) is 0 Å². The third-order valence-electron chi connectivity index (χ3n) is 3.13. The fraction of sp³-hybridized carbons (Fsp3) is 0.462. The SMILES string of the molecule is N[C@@H]1CN[C@H](C(=O)NCCc2ccccc2Cl)C1. The first-order valence-corrected chi connectivity index (χ1v) is 6.54. The van der Waals surface area contributed by atoms with E-state index < -0.39 is 0 Å². The van der Waals surface area contributed by atoms with Crippen molar-refractivity contribution in [3.8, 4) is 0 Å². The van der Waals surface area contributed by atoms with E-state index in [0.29, 0.717) is 19.5 Å². The van der Waals surface area contributed by atoms with Crippen LogP contribution < -0.4 is 16.4 Å². The highest BCUT2D eigenvalue weighted by Gasteiger charge is 2.26. The lowest BCUT2D eigenvalue weighted by molar-refractivity contribution is -0.122. The van der Waals surface area contributed by atoms with Crippen LogP contribution in [0.3, 0.4) is 0 Å². The molecule has 1 aliphatic rings. The fourth-order valence-corrected chi connectivity index (χ4v) is 2.34. The van der Waals surface area contributed by atoms with Crippen LogP contribution in [0.5, 0.6) is 0 Å². The van der Waals surface area contributed by atoms with Crippen LogP contribution >= 0.6 is 11.6 Å². The summed E-state index contributed by atoms with van der Waals surface area (Å²) in [6, 6.07) is 7.61. The maximum atomic E-state index is 11.8. The highest BCUT2D eigenvalue weighted by Crippen LogP contribution is 2.14. The van der Waals surface area contributed by atoms with Crippen LogP contribution in [0, 0.1) is 0 Å². The molecule has 4 N–H and O–H groups in total. The molecule has 1 aromatic carbocycles. The zero-order valence-electron chi connectivity index (χ0n) is 10.2. The minimum Gasteiger partial charge on any atom is -0.354 e. The number of halogens is 1. The van der Waals surface area contributed by atoms with Crippen molar-refractivity contribution in [1.29, 1.82) is 0 Å². The number of benzene rings is 1.